The Morgan fingerprint density at radius 1 is 1.29 bits per heavy atom. The molecule has 1 rings (SSSR count). The monoisotopic (exact) mass is 406 g/mol. The first-order valence-electron chi connectivity index (χ1n) is 9.52. The molecule has 7 heteroatoms. The maximum atomic E-state index is 12.2. The van der Waals surface area contributed by atoms with Gasteiger partial charge in [-0.1, -0.05) is 27.4 Å². The molecule has 0 fully saturated rings. The van der Waals surface area contributed by atoms with Gasteiger partial charge in [0.1, 0.15) is 0 Å². The van der Waals surface area contributed by atoms with E-state index in [1.54, 1.807) is 19.1 Å². The Hall–Kier alpha value is -2.12. The highest BCUT2D eigenvalue weighted by Gasteiger charge is 2.36. The van der Waals surface area contributed by atoms with E-state index in [2.05, 4.69) is 45.8 Å². The SMILES string of the molecule is C=CC(=O)Nc1cc(N(C)CCO[Si](C)(C)C(C)(C)C)ccc1C(=O)OCC. The average molecular weight is 407 g/mol. The molecule has 0 heterocycles. The standard InChI is InChI=1S/C21H34N2O4Si/c1-9-19(24)22-18-15-16(11-12-17(18)20(25)26-10-2)23(6)13-14-27-28(7,8)21(3,4)5/h9,11-12,15H,1,10,13-14H2,2-8H3,(H,22,24). The molecule has 1 aromatic rings. The predicted octanol–water partition coefficient (Wildman–Crippen LogP) is 4.45. The molecule has 0 saturated carbocycles. The van der Waals surface area contributed by atoms with E-state index in [0.29, 0.717) is 24.4 Å². The van der Waals surface area contributed by atoms with E-state index >= 15 is 0 Å². The zero-order valence-corrected chi connectivity index (χ0v) is 19.2. The molecular weight excluding hydrogens is 372 g/mol. The summed E-state index contributed by atoms with van der Waals surface area (Å²) in [5.41, 5.74) is 1.58. The zero-order chi connectivity index (χ0) is 21.5. The number of hydrogen-bond acceptors (Lipinski definition) is 5. The lowest BCUT2D eigenvalue weighted by molar-refractivity contribution is -0.111. The number of nitrogens with one attached hydrogen (secondary N) is 1. The lowest BCUT2D eigenvalue weighted by Crippen LogP contribution is -2.42. The third kappa shape index (κ3) is 6.49. The van der Waals surface area contributed by atoms with Crippen molar-refractivity contribution in [2.24, 2.45) is 0 Å². The molecule has 1 aromatic carbocycles. The van der Waals surface area contributed by atoms with Gasteiger partial charge in [0.25, 0.3) is 0 Å². The van der Waals surface area contributed by atoms with Crippen LogP contribution in [-0.2, 0) is 14.0 Å². The van der Waals surface area contributed by atoms with Crippen LogP contribution >= 0.6 is 0 Å². The van der Waals surface area contributed by atoms with E-state index in [1.165, 1.54) is 6.08 Å². The third-order valence-electron chi connectivity index (χ3n) is 5.08. The lowest BCUT2D eigenvalue weighted by Gasteiger charge is -2.36. The number of carbonyl (C=O) groups excluding carboxylic acids is 2. The van der Waals surface area contributed by atoms with Crippen molar-refractivity contribution in [2.75, 3.05) is 37.0 Å². The minimum absolute atomic E-state index is 0.162. The molecule has 1 N–H and O–H groups in total. The first-order chi connectivity index (χ1) is 12.9. The van der Waals surface area contributed by atoms with Crippen LogP contribution in [0.2, 0.25) is 18.1 Å². The Labute approximate surface area is 170 Å². The summed E-state index contributed by atoms with van der Waals surface area (Å²) >= 11 is 0. The minimum Gasteiger partial charge on any atom is -0.462 e. The minimum atomic E-state index is -1.80. The van der Waals surface area contributed by atoms with Crippen molar-refractivity contribution in [3.05, 3.63) is 36.4 Å². The molecule has 0 aliphatic carbocycles. The second-order valence-electron chi connectivity index (χ2n) is 8.17. The van der Waals surface area contributed by atoms with Crippen molar-refractivity contribution in [1.82, 2.24) is 0 Å². The predicted molar refractivity (Wildman–Crippen MR) is 118 cm³/mol. The molecule has 0 aliphatic heterocycles. The van der Waals surface area contributed by atoms with Gasteiger partial charge in [-0.15, -0.1) is 0 Å². The van der Waals surface area contributed by atoms with Crippen LogP contribution in [-0.4, -0.2) is 47.0 Å². The number of carbonyl (C=O) groups is 2. The number of nitrogens with zero attached hydrogens (tertiary/aromatic N) is 1. The van der Waals surface area contributed by atoms with Crippen LogP contribution in [0.25, 0.3) is 0 Å². The molecule has 0 bridgehead atoms. The van der Waals surface area contributed by atoms with Gasteiger partial charge in [-0.05, 0) is 49.3 Å². The van der Waals surface area contributed by atoms with E-state index < -0.39 is 14.3 Å². The van der Waals surface area contributed by atoms with Crippen molar-refractivity contribution in [3.63, 3.8) is 0 Å². The molecule has 0 aliphatic rings. The quantitative estimate of drug-likeness (QED) is 0.373. The van der Waals surface area contributed by atoms with Crippen LogP contribution in [0.15, 0.2) is 30.9 Å². The second-order valence-corrected chi connectivity index (χ2v) is 13.0. The maximum Gasteiger partial charge on any atom is 0.340 e. The number of hydrogen-bond donors (Lipinski definition) is 1. The summed E-state index contributed by atoms with van der Waals surface area (Å²) in [4.78, 5) is 26.0. The Morgan fingerprint density at radius 2 is 1.93 bits per heavy atom. The summed E-state index contributed by atoms with van der Waals surface area (Å²) in [5, 5.41) is 2.85. The number of benzene rings is 1. The lowest BCUT2D eigenvalue weighted by atomic mass is 10.1. The molecule has 6 nitrogen and oxygen atoms in total. The van der Waals surface area contributed by atoms with Crippen molar-refractivity contribution in [1.29, 1.82) is 0 Å². The van der Waals surface area contributed by atoms with Gasteiger partial charge < -0.3 is 19.4 Å². The van der Waals surface area contributed by atoms with Gasteiger partial charge in [0.05, 0.1) is 24.5 Å². The zero-order valence-electron chi connectivity index (χ0n) is 18.2. The summed E-state index contributed by atoms with van der Waals surface area (Å²) in [6.07, 6.45) is 1.17. The second kappa shape index (κ2) is 9.89. The number of esters is 1. The van der Waals surface area contributed by atoms with Crippen molar-refractivity contribution < 1.29 is 18.8 Å². The molecule has 0 spiro atoms. The van der Waals surface area contributed by atoms with Crippen LogP contribution in [0.3, 0.4) is 0 Å². The molecule has 28 heavy (non-hydrogen) atoms. The summed E-state index contributed by atoms with van der Waals surface area (Å²) in [7, 11) is 0.153. The van der Waals surface area contributed by atoms with Gasteiger partial charge >= 0.3 is 5.97 Å². The Kier molecular flexibility index (Phi) is 8.44. The van der Waals surface area contributed by atoms with Crippen molar-refractivity contribution in [3.8, 4) is 0 Å². The van der Waals surface area contributed by atoms with Gasteiger partial charge in [0.15, 0.2) is 8.32 Å². The highest BCUT2D eigenvalue weighted by atomic mass is 28.4. The molecule has 0 saturated heterocycles. The van der Waals surface area contributed by atoms with Gasteiger partial charge in [0, 0.05) is 19.3 Å². The number of rotatable bonds is 9. The molecule has 0 atom stereocenters. The van der Waals surface area contributed by atoms with Gasteiger partial charge in [-0.3, -0.25) is 4.79 Å². The van der Waals surface area contributed by atoms with Crippen LogP contribution in [0.4, 0.5) is 11.4 Å². The molecule has 0 unspecified atom stereocenters. The Morgan fingerprint density at radius 3 is 2.46 bits per heavy atom. The summed E-state index contributed by atoms with van der Waals surface area (Å²) in [5.74, 6) is -0.857. The van der Waals surface area contributed by atoms with Crippen LogP contribution in [0.1, 0.15) is 38.1 Å². The van der Waals surface area contributed by atoms with E-state index in [-0.39, 0.29) is 17.6 Å². The third-order valence-corrected chi connectivity index (χ3v) is 9.62. The molecule has 0 aromatic heterocycles. The number of amides is 1. The highest BCUT2D eigenvalue weighted by Crippen LogP contribution is 2.36. The Balaban J connectivity index is 2.94. The largest absolute Gasteiger partial charge is 0.462 e. The molecular formula is C21H34N2O4Si. The molecule has 1 amide bonds. The number of likely N-dealkylation sites (N-methyl/N-ethyl adjacent to an activating group) is 1. The fraction of sp³-hybridized carbons (Fsp3) is 0.524. The maximum absolute atomic E-state index is 12.2. The van der Waals surface area contributed by atoms with E-state index in [9.17, 15) is 9.59 Å². The van der Waals surface area contributed by atoms with Crippen molar-refractivity contribution in [2.45, 2.75) is 45.8 Å². The fourth-order valence-electron chi connectivity index (χ4n) is 2.23. The van der Waals surface area contributed by atoms with Crippen LogP contribution in [0.5, 0.6) is 0 Å². The summed E-state index contributed by atoms with van der Waals surface area (Å²) < 4.78 is 11.3. The van der Waals surface area contributed by atoms with Crippen LogP contribution < -0.4 is 10.2 Å². The van der Waals surface area contributed by atoms with Crippen molar-refractivity contribution >= 4 is 31.6 Å². The highest BCUT2D eigenvalue weighted by molar-refractivity contribution is 6.74. The summed E-state index contributed by atoms with van der Waals surface area (Å²) in [6.45, 7) is 17.9. The first-order valence-corrected chi connectivity index (χ1v) is 12.4. The topological polar surface area (TPSA) is 67.9 Å². The van der Waals surface area contributed by atoms with Gasteiger partial charge in [-0.25, -0.2) is 4.79 Å². The normalized spacial score (nSPS) is 11.7. The smallest absolute Gasteiger partial charge is 0.340 e. The number of ether oxygens (including phenoxy) is 1. The Bertz CT molecular complexity index is 711. The molecule has 156 valence electrons. The van der Waals surface area contributed by atoms with Gasteiger partial charge in [-0.2, -0.15) is 0 Å². The summed E-state index contributed by atoms with van der Waals surface area (Å²) in [6, 6.07) is 5.26. The van der Waals surface area contributed by atoms with E-state index in [4.69, 9.17) is 9.16 Å². The van der Waals surface area contributed by atoms with E-state index in [1.807, 2.05) is 18.0 Å². The average Bonchev–Trinajstić information content (AvgIpc) is 2.60. The number of anilines is 2. The fourth-order valence-corrected chi connectivity index (χ4v) is 3.26. The molecule has 0 radical (unpaired) electrons. The van der Waals surface area contributed by atoms with E-state index in [0.717, 1.165) is 5.69 Å². The van der Waals surface area contributed by atoms with Crippen LogP contribution in [0, 0.1) is 0 Å². The first kappa shape index (κ1) is 23.9. The van der Waals surface area contributed by atoms with Gasteiger partial charge in [0.2, 0.25) is 5.91 Å².